The molecule has 10 heteroatoms. The Balaban J connectivity index is 1.35. The van der Waals surface area contributed by atoms with E-state index in [1.54, 1.807) is 0 Å². The zero-order valence-electron chi connectivity index (χ0n) is 17.1. The Morgan fingerprint density at radius 3 is 2.19 bits per heavy atom. The number of anilines is 1. The number of ether oxygens (including phenoxy) is 1. The molecule has 2 aromatic carbocycles. The third-order valence-corrected chi connectivity index (χ3v) is 6.19. The van der Waals surface area contributed by atoms with Gasteiger partial charge in [-0.2, -0.15) is 0 Å². The molecule has 170 valence electrons. The average Bonchev–Trinajstić information content (AvgIpc) is 3.04. The number of quaternary nitrogens is 2. The summed E-state index contributed by atoms with van der Waals surface area (Å²) in [6.07, 6.45) is -4.70. The maximum atomic E-state index is 13.0. The van der Waals surface area contributed by atoms with Crippen LogP contribution in [0.25, 0.3) is 0 Å². The Morgan fingerprint density at radius 2 is 1.59 bits per heavy atom. The minimum Gasteiger partial charge on any atom is -0.406 e. The van der Waals surface area contributed by atoms with Gasteiger partial charge in [-0.3, -0.25) is 9.59 Å². The minimum absolute atomic E-state index is 0.0987. The summed E-state index contributed by atoms with van der Waals surface area (Å²) in [5.74, 6) is -1.05. The van der Waals surface area contributed by atoms with Crippen LogP contribution in [-0.2, 0) is 16.1 Å². The number of imide groups is 1. The number of hydrogen-bond acceptors (Lipinski definition) is 3. The predicted molar refractivity (Wildman–Crippen MR) is 111 cm³/mol. The highest BCUT2D eigenvalue weighted by molar-refractivity contribution is 6.30. The monoisotopic (exact) mass is 469 g/mol. The van der Waals surface area contributed by atoms with Crippen molar-refractivity contribution in [2.75, 3.05) is 31.1 Å². The van der Waals surface area contributed by atoms with Crippen molar-refractivity contribution in [3.8, 4) is 5.75 Å². The van der Waals surface area contributed by atoms with E-state index >= 15 is 0 Å². The van der Waals surface area contributed by atoms with Crippen LogP contribution < -0.4 is 19.4 Å². The number of nitrogens with one attached hydrogen (secondary N) is 2. The Bertz CT molecular complexity index is 975. The fourth-order valence-electron chi connectivity index (χ4n) is 4.36. The van der Waals surface area contributed by atoms with E-state index in [0.29, 0.717) is 5.02 Å². The van der Waals surface area contributed by atoms with Crippen LogP contribution in [0.5, 0.6) is 5.75 Å². The van der Waals surface area contributed by atoms with Crippen LogP contribution >= 0.6 is 11.6 Å². The molecule has 2 amide bonds. The van der Waals surface area contributed by atoms with Gasteiger partial charge in [-0.25, -0.2) is 4.90 Å². The van der Waals surface area contributed by atoms with Crippen molar-refractivity contribution in [2.24, 2.45) is 0 Å². The van der Waals surface area contributed by atoms with Crippen LogP contribution in [-0.4, -0.2) is 50.4 Å². The molecule has 0 spiro atoms. The molecule has 1 atom stereocenters. The summed E-state index contributed by atoms with van der Waals surface area (Å²) in [7, 11) is 0. The number of piperazine rings is 1. The molecule has 2 saturated heterocycles. The SMILES string of the molecule is O=C1CC([NH+]2CC[NH+](Cc3ccc(Cl)cc3)CC2)C(=O)N1c1ccc(OC(F)(F)F)cc1. The lowest BCUT2D eigenvalue weighted by atomic mass is 10.1. The molecule has 0 aromatic heterocycles. The lowest BCUT2D eigenvalue weighted by Crippen LogP contribution is -3.29. The molecule has 1 unspecified atom stereocenters. The fourth-order valence-corrected chi connectivity index (χ4v) is 4.49. The maximum absolute atomic E-state index is 13.0. The number of halogens is 4. The molecule has 2 heterocycles. The molecule has 0 aliphatic carbocycles. The minimum atomic E-state index is -4.80. The van der Waals surface area contributed by atoms with Gasteiger partial charge in [0.05, 0.1) is 12.1 Å². The number of alkyl halides is 3. The molecule has 2 fully saturated rings. The van der Waals surface area contributed by atoms with Crippen molar-refractivity contribution in [3.05, 3.63) is 59.1 Å². The molecule has 2 aromatic rings. The fraction of sp³-hybridized carbons (Fsp3) is 0.364. The molecule has 2 aliphatic heterocycles. The van der Waals surface area contributed by atoms with E-state index in [9.17, 15) is 22.8 Å². The molecule has 0 radical (unpaired) electrons. The zero-order valence-corrected chi connectivity index (χ0v) is 17.9. The lowest BCUT2D eigenvalue weighted by molar-refractivity contribution is -1.02. The lowest BCUT2D eigenvalue weighted by Gasteiger charge is -2.32. The van der Waals surface area contributed by atoms with E-state index in [1.807, 2.05) is 24.3 Å². The van der Waals surface area contributed by atoms with Crippen LogP contribution in [0.15, 0.2) is 48.5 Å². The van der Waals surface area contributed by atoms with Gasteiger partial charge in [0.25, 0.3) is 5.91 Å². The van der Waals surface area contributed by atoms with E-state index < -0.39 is 18.2 Å². The van der Waals surface area contributed by atoms with Crippen molar-refractivity contribution in [1.29, 1.82) is 0 Å². The summed E-state index contributed by atoms with van der Waals surface area (Å²) >= 11 is 5.94. The van der Waals surface area contributed by atoms with Gasteiger partial charge in [-0.1, -0.05) is 23.7 Å². The number of amides is 2. The van der Waals surface area contributed by atoms with Crippen molar-refractivity contribution in [2.45, 2.75) is 25.4 Å². The van der Waals surface area contributed by atoms with E-state index in [1.165, 1.54) is 22.6 Å². The summed E-state index contributed by atoms with van der Waals surface area (Å²) in [5, 5.41) is 0.703. The Labute approximate surface area is 188 Å². The third-order valence-electron chi connectivity index (χ3n) is 5.93. The summed E-state index contributed by atoms with van der Waals surface area (Å²) < 4.78 is 40.9. The summed E-state index contributed by atoms with van der Waals surface area (Å²) in [4.78, 5) is 29.1. The molecule has 2 N–H and O–H groups in total. The van der Waals surface area contributed by atoms with Crippen LogP contribution in [0.3, 0.4) is 0 Å². The van der Waals surface area contributed by atoms with E-state index in [0.717, 1.165) is 54.7 Å². The van der Waals surface area contributed by atoms with Crippen LogP contribution in [0.2, 0.25) is 5.02 Å². The summed E-state index contributed by atoms with van der Waals surface area (Å²) in [5.41, 5.74) is 1.45. The molecule has 6 nitrogen and oxygen atoms in total. The normalized spacial score (nSPS) is 24.1. The van der Waals surface area contributed by atoms with Crippen molar-refractivity contribution in [3.63, 3.8) is 0 Å². The van der Waals surface area contributed by atoms with Crippen molar-refractivity contribution in [1.82, 2.24) is 0 Å². The van der Waals surface area contributed by atoms with Crippen LogP contribution in [0, 0.1) is 0 Å². The second-order valence-electron chi connectivity index (χ2n) is 8.08. The standard InChI is InChI=1S/C22H21ClF3N3O3/c23-16-3-1-15(2-4-16)14-27-9-11-28(12-10-27)19-13-20(30)29(21(19)31)17-5-7-18(8-6-17)32-22(24,25)26/h1-8,19H,9-14H2/p+2. The van der Waals surface area contributed by atoms with Crippen LogP contribution in [0.1, 0.15) is 12.0 Å². The molecule has 0 saturated carbocycles. The first-order valence-electron chi connectivity index (χ1n) is 10.3. The molecule has 32 heavy (non-hydrogen) atoms. The van der Waals surface area contributed by atoms with Gasteiger partial charge in [0.1, 0.15) is 38.5 Å². The Hall–Kier alpha value is -2.62. The largest absolute Gasteiger partial charge is 0.573 e. The Kier molecular flexibility index (Phi) is 6.41. The van der Waals surface area contributed by atoms with Gasteiger partial charge in [0.2, 0.25) is 5.91 Å². The van der Waals surface area contributed by atoms with Gasteiger partial charge in [-0.05, 0) is 36.4 Å². The molecule has 4 rings (SSSR count). The highest BCUT2D eigenvalue weighted by Crippen LogP contribution is 2.27. The first-order chi connectivity index (χ1) is 15.2. The van der Waals surface area contributed by atoms with Crippen molar-refractivity contribution < 1.29 is 37.3 Å². The van der Waals surface area contributed by atoms with Gasteiger partial charge in [-0.15, -0.1) is 13.2 Å². The van der Waals surface area contributed by atoms with Gasteiger partial charge in [0.15, 0.2) is 6.04 Å². The molecule has 2 aliphatic rings. The van der Waals surface area contributed by atoms with E-state index in [4.69, 9.17) is 11.6 Å². The zero-order chi connectivity index (χ0) is 22.9. The van der Waals surface area contributed by atoms with E-state index in [2.05, 4.69) is 4.74 Å². The number of rotatable bonds is 5. The quantitative estimate of drug-likeness (QED) is 0.639. The van der Waals surface area contributed by atoms with Crippen LogP contribution in [0.4, 0.5) is 18.9 Å². The predicted octanol–water partition coefficient (Wildman–Crippen LogP) is 0.854. The average molecular weight is 470 g/mol. The smallest absolute Gasteiger partial charge is 0.406 e. The summed E-state index contributed by atoms with van der Waals surface area (Å²) in [6, 6.07) is 12.1. The molecular weight excluding hydrogens is 447 g/mol. The summed E-state index contributed by atoms with van der Waals surface area (Å²) in [6.45, 7) is 4.15. The number of hydrogen-bond donors (Lipinski definition) is 2. The van der Waals surface area contributed by atoms with Gasteiger partial charge >= 0.3 is 6.36 Å². The maximum Gasteiger partial charge on any atom is 0.573 e. The Morgan fingerprint density at radius 1 is 0.969 bits per heavy atom. The highest BCUT2D eigenvalue weighted by Gasteiger charge is 2.47. The number of nitrogens with zero attached hydrogens (tertiary/aromatic N) is 1. The topological polar surface area (TPSA) is 55.5 Å². The molecular formula is C22H23ClF3N3O3+2. The highest BCUT2D eigenvalue weighted by atomic mass is 35.5. The first kappa shape index (κ1) is 22.6. The van der Waals surface area contributed by atoms with E-state index in [-0.39, 0.29) is 23.9 Å². The first-order valence-corrected chi connectivity index (χ1v) is 10.7. The molecule has 0 bridgehead atoms. The van der Waals surface area contributed by atoms with Crippen molar-refractivity contribution >= 4 is 29.1 Å². The third kappa shape index (κ3) is 5.23. The van der Waals surface area contributed by atoms with Gasteiger partial charge in [0, 0.05) is 10.6 Å². The second kappa shape index (κ2) is 9.09. The van der Waals surface area contributed by atoms with Gasteiger partial charge < -0.3 is 14.5 Å². The number of carbonyl (C=O) groups excluding carboxylic acids is 2. The number of benzene rings is 2. The number of carbonyl (C=O) groups is 2. The second-order valence-corrected chi connectivity index (χ2v) is 8.51.